The highest BCUT2D eigenvalue weighted by atomic mass is 35.5. The van der Waals surface area contributed by atoms with Gasteiger partial charge in [-0.05, 0) is 70.0 Å². The molecule has 7 nitrogen and oxygen atoms in total. The van der Waals surface area contributed by atoms with Crippen LogP contribution in [-0.2, 0) is 4.57 Å². The zero-order valence-electron chi connectivity index (χ0n) is 21.0. The maximum absolute atomic E-state index is 12.7. The zero-order valence-corrected chi connectivity index (χ0v) is 22.7. The molecule has 1 aliphatic rings. The van der Waals surface area contributed by atoms with Crippen molar-refractivity contribution in [3.63, 3.8) is 0 Å². The van der Waals surface area contributed by atoms with Crippen LogP contribution in [0.3, 0.4) is 0 Å². The van der Waals surface area contributed by atoms with Gasteiger partial charge in [0.15, 0.2) is 5.82 Å². The predicted molar refractivity (Wildman–Crippen MR) is 149 cm³/mol. The molecule has 3 aromatic rings. The fourth-order valence-corrected chi connectivity index (χ4v) is 5.68. The van der Waals surface area contributed by atoms with Crippen molar-refractivity contribution in [1.82, 2.24) is 14.9 Å². The number of hydrogen-bond acceptors (Lipinski definition) is 7. The first kappa shape index (κ1) is 25.5. The average molecular weight is 513 g/mol. The van der Waals surface area contributed by atoms with E-state index in [-0.39, 0.29) is 0 Å². The van der Waals surface area contributed by atoms with Crippen LogP contribution in [0.5, 0.6) is 0 Å². The molecule has 0 amide bonds. The lowest BCUT2D eigenvalue weighted by atomic mass is 10.1. The fraction of sp³-hybridized carbons (Fsp3) is 0.385. The Labute approximate surface area is 213 Å². The van der Waals surface area contributed by atoms with Crippen molar-refractivity contribution in [3.05, 3.63) is 59.2 Å². The summed E-state index contributed by atoms with van der Waals surface area (Å²) >= 11 is 6.38. The van der Waals surface area contributed by atoms with Gasteiger partial charge in [0, 0.05) is 48.9 Å². The number of rotatable bonds is 7. The Hall–Kier alpha value is -2.60. The summed E-state index contributed by atoms with van der Waals surface area (Å²) in [6.45, 7) is 14.4. The number of para-hydroxylation sites is 1. The minimum atomic E-state index is -2.48. The molecule has 0 spiro atoms. The van der Waals surface area contributed by atoms with Crippen molar-refractivity contribution in [2.75, 3.05) is 55.0 Å². The van der Waals surface area contributed by atoms with E-state index in [9.17, 15) is 4.57 Å². The molecule has 0 atom stereocenters. The van der Waals surface area contributed by atoms with Gasteiger partial charge in [-0.2, -0.15) is 4.98 Å². The summed E-state index contributed by atoms with van der Waals surface area (Å²) < 4.78 is 12.7. The Balaban J connectivity index is 1.50. The first-order chi connectivity index (χ1) is 16.6. The van der Waals surface area contributed by atoms with Crippen LogP contribution < -0.4 is 20.8 Å². The number of anilines is 5. The van der Waals surface area contributed by atoms with E-state index >= 15 is 0 Å². The van der Waals surface area contributed by atoms with Gasteiger partial charge < -0.3 is 20.1 Å². The number of halogens is 1. The summed E-state index contributed by atoms with van der Waals surface area (Å²) in [6, 6.07) is 14.4. The fourth-order valence-electron chi connectivity index (χ4n) is 4.39. The van der Waals surface area contributed by atoms with E-state index < -0.39 is 7.14 Å². The van der Waals surface area contributed by atoms with Crippen LogP contribution in [0, 0.1) is 6.92 Å². The van der Waals surface area contributed by atoms with E-state index in [2.05, 4.69) is 69.4 Å². The molecule has 4 rings (SSSR count). The minimum absolute atomic E-state index is 0.388. The van der Waals surface area contributed by atoms with Crippen molar-refractivity contribution in [3.8, 4) is 0 Å². The van der Waals surface area contributed by atoms with Gasteiger partial charge in [0.2, 0.25) is 5.95 Å². The van der Waals surface area contributed by atoms with Gasteiger partial charge in [-0.15, -0.1) is 0 Å². The molecule has 0 bridgehead atoms. The zero-order chi connectivity index (χ0) is 25.2. The van der Waals surface area contributed by atoms with E-state index in [0.29, 0.717) is 22.8 Å². The molecule has 2 aromatic carbocycles. The number of nitrogens with zero attached hydrogens (tertiary/aromatic N) is 4. The quantitative estimate of drug-likeness (QED) is 0.393. The monoisotopic (exact) mass is 512 g/mol. The van der Waals surface area contributed by atoms with Gasteiger partial charge in [-0.1, -0.05) is 23.7 Å². The molecule has 35 heavy (non-hydrogen) atoms. The van der Waals surface area contributed by atoms with Crippen LogP contribution in [0.2, 0.25) is 5.02 Å². The van der Waals surface area contributed by atoms with Gasteiger partial charge in [0.1, 0.15) is 12.2 Å². The second-order valence-corrected chi connectivity index (χ2v) is 13.2. The highest BCUT2D eigenvalue weighted by Gasteiger charge is 2.20. The van der Waals surface area contributed by atoms with Gasteiger partial charge in [0.25, 0.3) is 0 Å². The summed E-state index contributed by atoms with van der Waals surface area (Å²) in [5.74, 6) is 0.893. The van der Waals surface area contributed by atoms with E-state index in [1.165, 1.54) is 11.3 Å². The average Bonchev–Trinajstić information content (AvgIpc) is 2.81. The van der Waals surface area contributed by atoms with Crippen LogP contribution in [0.4, 0.5) is 28.8 Å². The molecule has 0 radical (unpaired) electrons. The van der Waals surface area contributed by atoms with Gasteiger partial charge in [-0.3, -0.25) is 4.90 Å². The lowest BCUT2D eigenvalue weighted by Gasteiger charge is -2.38. The molecule has 0 saturated carbocycles. The van der Waals surface area contributed by atoms with Crippen LogP contribution in [0.1, 0.15) is 19.4 Å². The standard InChI is InChI=1S/C26H34ClN6OP/c1-18(2)32-12-14-33(15-13-32)23-11-10-20(16-19(23)3)29-26-28-17-21(27)25(31-26)30-22-8-6-7-9-24(22)35(4,5)34/h6-11,16-18H,12-15H2,1-5H3,(H2,28,29,30,31). The molecule has 9 heteroatoms. The summed E-state index contributed by atoms with van der Waals surface area (Å²) in [6.07, 6.45) is 1.56. The SMILES string of the molecule is Cc1cc(Nc2ncc(Cl)c(Nc3ccccc3P(C)(C)=O)n2)ccc1N1CCN(C(C)C)CC1. The van der Waals surface area contributed by atoms with E-state index in [1.807, 2.05) is 24.3 Å². The summed E-state index contributed by atoms with van der Waals surface area (Å²) in [4.78, 5) is 13.9. The minimum Gasteiger partial charge on any atom is -0.369 e. The molecule has 1 aliphatic heterocycles. The highest BCUT2D eigenvalue weighted by molar-refractivity contribution is 7.70. The van der Waals surface area contributed by atoms with Crippen molar-refractivity contribution in [2.24, 2.45) is 0 Å². The largest absolute Gasteiger partial charge is 0.369 e. The molecule has 0 aliphatic carbocycles. The van der Waals surface area contributed by atoms with Crippen LogP contribution in [0.25, 0.3) is 0 Å². The van der Waals surface area contributed by atoms with Gasteiger partial charge in [0.05, 0.1) is 11.9 Å². The first-order valence-electron chi connectivity index (χ1n) is 11.9. The first-order valence-corrected chi connectivity index (χ1v) is 14.9. The highest BCUT2D eigenvalue weighted by Crippen LogP contribution is 2.38. The Morgan fingerprint density at radius 2 is 1.74 bits per heavy atom. The molecular formula is C26H34ClN6OP. The molecule has 1 saturated heterocycles. The van der Waals surface area contributed by atoms with Crippen LogP contribution in [-0.4, -0.2) is 60.4 Å². The lowest BCUT2D eigenvalue weighted by molar-refractivity contribution is 0.209. The maximum Gasteiger partial charge on any atom is 0.229 e. The molecule has 2 heterocycles. The lowest BCUT2D eigenvalue weighted by Crippen LogP contribution is -2.49. The molecule has 1 fully saturated rings. The molecule has 2 N–H and O–H groups in total. The third kappa shape index (κ3) is 6.16. The number of nitrogens with one attached hydrogen (secondary N) is 2. The smallest absolute Gasteiger partial charge is 0.229 e. The Morgan fingerprint density at radius 3 is 2.40 bits per heavy atom. The summed E-state index contributed by atoms with van der Waals surface area (Å²) in [5, 5.41) is 7.68. The van der Waals surface area contributed by atoms with E-state index in [1.54, 1.807) is 19.5 Å². The summed E-state index contributed by atoms with van der Waals surface area (Å²) in [7, 11) is -2.48. The van der Waals surface area contributed by atoms with Gasteiger partial charge in [-0.25, -0.2) is 4.98 Å². The molecule has 1 aromatic heterocycles. The topological polar surface area (TPSA) is 73.4 Å². The number of hydrogen-bond donors (Lipinski definition) is 2. The normalized spacial score (nSPS) is 14.9. The molecule has 186 valence electrons. The maximum atomic E-state index is 12.7. The number of benzene rings is 2. The van der Waals surface area contributed by atoms with E-state index in [0.717, 1.165) is 42.9 Å². The van der Waals surface area contributed by atoms with Gasteiger partial charge >= 0.3 is 0 Å². The number of piperazine rings is 1. The third-order valence-electron chi connectivity index (χ3n) is 6.32. The number of aryl methyl sites for hydroxylation is 1. The Bertz CT molecular complexity index is 1240. The van der Waals surface area contributed by atoms with Crippen LogP contribution >= 0.6 is 18.7 Å². The molecule has 0 unspecified atom stereocenters. The van der Waals surface area contributed by atoms with Crippen molar-refractivity contribution in [1.29, 1.82) is 0 Å². The van der Waals surface area contributed by atoms with Crippen molar-refractivity contribution < 1.29 is 4.57 Å². The van der Waals surface area contributed by atoms with Crippen molar-refractivity contribution in [2.45, 2.75) is 26.8 Å². The second kappa shape index (κ2) is 10.6. The number of aromatic nitrogens is 2. The van der Waals surface area contributed by atoms with Crippen LogP contribution in [0.15, 0.2) is 48.7 Å². The Kier molecular flexibility index (Phi) is 7.70. The van der Waals surface area contributed by atoms with E-state index in [4.69, 9.17) is 11.6 Å². The van der Waals surface area contributed by atoms with Crippen molar-refractivity contribution >= 4 is 52.9 Å². The predicted octanol–water partition coefficient (Wildman–Crippen LogP) is 5.70. The third-order valence-corrected chi connectivity index (χ3v) is 8.15. The Morgan fingerprint density at radius 1 is 1.03 bits per heavy atom. The molecular weight excluding hydrogens is 479 g/mol. The summed E-state index contributed by atoms with van der Waals surface area (Å²) in [5.41, 5.74) is 4.10. The second-order valence-electron chi connectivity index (χ2n) is 9.63.